The average Bonchev–Trinajstić information content (AvgIpc) is 2.79. The first kappa shape index (κ1) is 29.7. The highest BCUT2D eigenvalue weighted by Crippen LogP contribution is 2.41. The highest BCUT2D eigenvalue weighted by atomic mass is 35.5. The van der Waals surface area contributed by atoms with Crippen molar-refractivity contribution in [2.45, 2.75) is 24.6 Å². The zero-order valence-electron chi connectivity index (χ0n) is 18.9. The number of allylic oxidation sites excluding steroid dienone is 1. The first-order chi connectivity index (χ1) is 16.1. The van der Waals surface area contributed by atoms with Gasteiger partial charge in [0, 0.05) is 17.3 Å². The summed E-state index contributed by atoms with van der Waals surface area (Å²) in [5, 5.41) is 11.2. The van der Waals surface area contributed by atoms with Crippen molar-refractivity contribution in [2.24, 2.45) is 5.73 Å². The summed E-state index contributed by atoms with van der Waals surface area (Å²) >= 11 is 16.0. The molecule has 1 aromatic rings. The van der Waals surface area contributed by atoms with E-state index in [0.717, 1.165) is 0 Å². The molecule has 0 spiro atoms. The van der Waals surface area contributed by atoms with Gasteiger partial charge in [0.15, 0.2) is 0 Å². The summed E-state index contributed by atoms with van der Waals surface area (Å²) in [6.45, 7) is 4.42. The van der Waals surface area contributed by atoms with Crippen LogP contribution in [-0.2, 0) is 28.6 Å². The molecule has 0 bridgehead atoms. The molecule has 1 aliphatic heterocycles. The summed E-state index contributed by atoms with van der Waals surface area (Å²) in [6, 6.07) is 7.05. The van der Waals surface area contributed by atoms with Gasteiger partial charge in [-0.05, 0) is 25.5 Å². The number of methoxy groups -OCH3 is 1. The molecular weight excluding hydrogens is 511 g/mol. The summed E-state index contributed by atoms with van der Waals surface area (Å²) in [5.41, 5.74) is 7.70. The molecule has 0 fully saturated rings. The van der Waals surface area contributed by atoms with Crippen molar-refractivity contribution in [2.75, 3.05) is 33.5 Å². The van der Waals surface area contributed by atoms with Gasteiger partial charge in [-0.15, -0.1) is 0 Å². The van der Waals surface area contributed by atoms with E-state index in [0.29, 0.717) is 40.7 Å². The van der Waals surface area contributed by atoms with Gasteiger partial charge in [0.2, 0.25) is 4.84 Å². The lowest BCUT2D eigenvalue weighted by Crippen LogP contribution is -2.35. The smallest absolute Gasteiger partial charge is 0.337 e. The van der Waals surface area contributed by atoms with E-state index in [9.17, 15) is 14.4 Å². The van der Waals surface area contributed by atoms with Gasteiger partial charge in [-0.1, -0.05) is 53.0 Å². The second-order valence-corrected chi connectivity index (χ2v) is 8.21. The number of aliphatic carboxylic acids is 1. The van der Waals surface area contributed by atoms with Crippen LogP contribution in [0.1, 0.15) is 25.3 Å². The van der Waals surface area contributed by atoms with Crippen LogP contribution in [0.2, 0.25) is 5.02 Å². The van der Waals surface area contributed by atoms with Crippen molar-refractivity contribution in [1.82, 2.24) is 5.32 Å². The van der Waals surface area contributed by atoms with Crippen LogP contribution in [0.4, 0.5) is 0 Å². The summed E-state index contributed by atoms with van der Waals surface area (Å²) in [4.78, 5) is 33.6. The van der Waals surface area contributed by atoms with Crippen molar-refractivity contribution < 1.29 is 33.7 Å². The van der Waals surface area contributed by atoms with Crippen molar-refractivity contribution >= 4 is 52.7 Å². The Morgan fingerprint density at radius 3 is 2.29 bits per heavy atom. The summed E-state index contributed by atoms with van der Waals surface area (Å²) in [5.74, 6) is -3.07. The number of hydrogen-bond donors (Lipinski definition) is 3. The van der Waals surface area contributed by atoms with Crippen molar-refractivity contribution in [3.63, 3.8) is 0 Å². The minimum absolute atomic E-state index is 0.109. The number of hydrogen-bond acceptors (Lipinski definition) is 8. The second kappa shape index (κ2) is 14.9. The molecular formula is C22H27Cl3N2O7. The van der Waals surface area contributed by atoms with Gasteiger partial charge in [0.05, 0.1) is 49.7 Å². The Balaban J connectivity index is 0.000000852. The number of ether oxygens (including phenoxy) is 3. The first-order valence-corrected chi connectivity index (χ1v) is 11.3. The van der Waals surface area contributed by atoms with E-state index in [1.807, 2.05) is 0 Å². The minimum Gasteiger partial charge on any atom is -0.479 e. The number of alkyl halides is 2. The number of halogens is 3. The van der Waals surface area contributed by atoms with E-state index in [1.54, 1.807) is 38.1 Å². The first-order valence-electron chi connectivity index (χ1n) is 10.1. The number of dihydropyridines is 1. The number of esters is 2. The molecule has 0 amide bonds. The lowest BCUT2D eigenvalue weighted by Gasteiger charge is -2.31. The molecule has 1 heterocycles. The molecule has 2 rings (SSSR count). The van der Waals surface area contributed by atoms with Gasteiger partial charge in [-0.3, -0.25) is 0 Å². The SMILES string of the molecule is CCOC(=O)C1=C(COCCN)NC(C)=C(C(=O)OC)C1c1ccccc1Cl.O=C(O)C(Cl)Cl. The Bertz CT molecular complexity index is 948. The van der Waals surface area contributed by atoms with Crippen molar-refractivity contribution in [1.29, 1.82) is 0 Å². The molecule has 12 heteroatoms. The van der Waals surface area contributed by atoms with Gasteiger partial charge in [-0.2, -0.15) is 0 Å². The number of nitrogens with one attached hydrogen (secondary N) is 1. The molecule has 0 aliphatic carbocycles. The Hall–Kier alpha value is -2.30. The molecule has 9 nitrogen and oxygen atoms in total. The predicted octanol–water partition coefficient (Wildman–Crippen LogP) is 3.14. The lowest BCUT2D eigenvalue weighted by molar-refractivity contribution is -0.139. The number of benzene rings is 1. The average molecular weight is 538 g/mol. The van der Waals surface area contributed by atoms with Crippen LogP contribution in [0.3, 0.4) is 0 Å². The Kier molecular flexibility index (Phi) is 13.0. The molecule has 34 heavy (non-hydrogen) atoms. The predicted molar refractivity (Wildman–Crippen MR) is 129 cm³/mol. The normalized spacial score (nSPS) is 15.4. The van der Waals surface area contributed by atoms with Gasteiger partial charge in [-0.25, -0.2) is 14.4 Å². The van der Waals surface area contributed by atoms with Crippen molar-refractivity contribution in [3.8, 4) is 0 Å². The minimum atomic E-state index is -1.29. The maximum Gasteiger partial charge on any atom is 0.337 e. The molecule has 1 aliphatic rings. The molecule has 1 unspecified atom stereocenters. The van der Waals surface area contributed by atoms with E-state index in [4.69, 9.17) is 59.9 Å². The zero-order valence-corrected chi connectivity index (χ0v) is 21.2. The lowest BCUT2D eigenvalue weighted by atomic mass is 9.80. The third kappa shape index (κ3) is 8.18. The standard InChI is InChI=1S/C20H25ClN2O5.C2H2Cl2O2/c1-4-28-20(25)18-15(11-27-10-9-22)23-12(2)16(19(24)26-3)17(18)13-7-5-6-8-14(13)21;3-1(4)2(5)6/h5-8,17,23H,4,9-11,22H2,1-3H3;1H,(H,5,6). The van der Waals surface area contributed by atoms with Crippen LogP contribution in [0.25, 0.3) is 0 Å². The monoisotopic (exact) mass is 536 g/mol. The van der Waals surface area contributed by atoms with Crippen LogP contribution in [0.15, 0.2) is 46.8 Å². The Morgan fingerprint density at radius 1 is 1.18 bits per heavy atom. The number of nitrogens with two attached hydrogens (primary N) is 1. The summed E-state index contributed by atoms with van der Waals surface area (Å²) < 4.78 is 15.8. The van der Waals surface area contributed by atoms with E-state index in [1.165, 1.54) is 7.11 Å². The third-order valence-corrected chi connectivity index (χ3v) is 5.17. The maximum atomic E-state index is 12.9. The van der Waals surface area contributed by atoms with Gasteiger partial charge in [0.25, 0.3) is 0 Å². The van der Waals surface area contributed by atoms with E-state index in [2.05, 4.69) is 5.32 Å². The van der Waals surface area contributed by atoms with Crippen molar-refractivity contribution in [3.05, 3.63) is 57.4 Å². The number of carbonyl (C=O) groups excluding carboxylic acids is 2. The fraction of sp³-hybridized carbons (Fsp3) is 0.409. The highest BCUT2D eigenvalue weighted by Gasteiger charge is 2.39. The van der Waals surface area contributed by atoms with Crippen LogP contribution in [-0.4, -0.2) is 61.3 Å². The van der Waals surface area contributed by atoms with E-state index in [-0.39, 0.29) is 18.8 Å². The molecule has 0 saturated heterocycles. The Labute approximate surface area is 212 Å². The van der Waals surface area contributed by atoms with E-state index < -0.39 is 28.7 Å². The number of carboxylic acid groups (broad SMARTS) is 1. The molecule has 0 radical (unpaired) electrons. The van der Waals surface area contributed by atoms with Crippen LogP contribution in [0.5, 0.6) is 0 Å². The van der Waals surface area contributed by atoms with Gasteiger partial charge in [0.1, 0.15) is 0 Å². The summed E-state index contributed by atoms with van der Waals surface area (Å²) in [7, 11) is 1.29. The van der Waals surface area contributed by atoms with Crippen LogP contribution in [0, 0.1) is 0 Å². The maximum absolute atomic E-state index is 12.9. The molecule has 0 saturated carbocycles. The largest absolute Gasteiger partial charge is 0.479 e. The second-order valence-electron chi connectivity index (χ2n) is 6.70. The molecule has 1 atom stereocenters. The van der Waals surface area contributed by atoms with Gasteiger partial charge >= 0.3 is 17.9 Å². The fourth-order valence-electron chi connectivity index (χ4n) is 3.12. The van der Waals surface area contributed by atoms with E-state index >= 15 is 0 Å². The number of rotatable bonds is 9. The third-order valence-electron chi connectivity index (χ3n) is 4.46. The fourth-order valence-corrected chi connectivity index (χ4v) is 3.36. The highest BCUT2D eigenvalue weighted by molar-refractivity contribution is 6.52. The topological polar surface area (TPSA) is 137 Å². The zero-order chi connectivity index (χ0) is 25.8. The van der Waals surface area contributed by atoms with Crippen LogP contribution < -0.4 is 11.1 Å². The molecule has 188 valence electrons. The quantitative estimate of drug-likeness (QED) is 0.246. The number of carboxylic acids is 1. The van der Waals surface area contributed by atoms with Crippen LogP contribution >= 0.6 is 34.8 Å². The van der Waals surface area contributed by atoms with Gasteiger partial charge < -0.3 is 30.4 Å². The molecule has 0 aromatic heterocycles. The Morgan fingerprint density at radius 2 is 1.79 bits per heavy atom. The molecule has 4 N–H and O–H groups in total. The number of carbonyl (C=O) groups is 3. The molecule has 1 aromatic carbocycles. The summed E-state index contributed by atoms with van der Waals surface area (Å²) in [6.07, 6.45) is 0.